The number of rotatable bonds is 7. The zero-order valence-corrected chi connectivity index (χ0v) is 16.5. The standard InChI is InChI=1S/C21H22FN3O2S/c1-14-6-7-15(2)18(10-14)25-9-8-23-21(25)28-13-20(27)24-12-19(26)16-4-3-5-17(22)11-16/h3-11,19,26H,12-13H2,1-2H3,(H,24,27). The maximum absolute atomic E-state index is 13.2. The van der Waals surface area contributed by atoms with Crippen LogP contribution in [0.2, 0.25) is 0 Å². The summed E-state index contributed by atoms with van der Waals surface area (Å²) in [7, 11) is 0. The Balaban J connectivity index is 1.57. The Labute approximate surface area is 167 Å². The van der Waals surface area contributed by atoms with E-state index < -0.39 is 11.9 Å². The van der Waals surface area contributed by atoms with Crippen LogP contribution < -0.4 is 5.32 Å². The number of carbonyl (C=O) groups excluding carboxylic acids is 1. The second-order valence-corrected chi connectivity index (χ2v) is 7.48. The Kier molecular flexibility index (Phi) is 6.49. The molecule has 0 radical (unpaired) electrons. The summed E-state index contributed by atoms with van der Waals surface area (Å²) >= 11 is 1.32. The Morgan fingerprint density at radius 2 is 2.11 bits per heavy atom. The maximum Gasteiger partial charge on any atom is 0.230 e. The van der Waals surface area contributed by atoms with Crippen LogP contribution in [0, 0.1) is 19.7 Å². The first kappa shape index (κ1) is 20.1. The number of carbonyl (C=O) groups is 1. The molecule has 0 bridgehead atoms. The van der Waals surface area contributed by atoms with Gasteiger partial charge >= 0.3 is 0 Å². The van der Waals surface area contributed by atoms with Crippen LogP contribution in [-0.4, -0.2) is 32.9 Å². The molecule has 1 aromatic heterocycles. The Hall–Kier alpha value is -2.64. The molecule has 0 spiro atoms. The minimum Gasteiger partial charge on any atom is -0.387 e. The third-order valence-corrected chi connectivity index (χ3v) is 5.26. The van der Waals surface area contributed by atoms with Crippen molar-refractivity contribution in [3.8, 4) is 5.69 Å². The molecule has 0 aliphatic carbocycles. The van der Waals surface area contributed by atoms with Gasteiger partial charge < -0.3 is 10.4 Å². The third kappa shape index (κ3) is 4.99. The van der Waals surface area contributed by atoms with E-state index in [0.717, 1.165) is 22.0 Å². The summed E-state index contributed by atoms with van der Waals surface area (Å²) in [5, 5.41) is 13.5. The molecule has 0 aliphatic heterocycles. The van der Waals surface area contributed by atoms with Gasteiger partial charge in [0.2, 0.25) is 5.91 Å². The Morgan fingerprint density at radius 3 is 2.89 bits per heavy atom. The summed E-state index contributed by atoms with van der Waals surface area (Å²) < 4.78 is 15.2. The summed E-state index contributed by atoms with van der Waals surface area (Å²) in [5.41, 5.74) is 3.72. The Morgan fingerprint density at radius 1 is 1.29 bits per heavy atom. The van der Waals surface area contributed by atoms with Gasteiger partial charge in [0.15, 0.2) is 5.16 Å². The fraction of sp³-hybridized carbons (Fsp3) is 0.238. The van der Waals surface area contributed by atoms with Crippen LogP contribution in [0.3, 0.4) is 0 Å². The van der Waals surface area contributed by atoms with E-state index in [9.17, 15) is 14.3 Å². The van der Waals surface area contributed by atoms with Crippen molar-refractivity contribution in [2.24, 2.45) is 0 Å². The zero-order valence-electron chi connectivity index (χ0n) is 15.7. The minimum atomic E-state index is -0.957. The quantitative estimate of drug-likeness (QED) is 0.596. The second kappa shape index (κ2) is 9.03. The summed E-state index contributed by atoms with van der Waals surface area (Å²) in [6, 6.07) is 11.9. The van der Waals surface area contributed by atoms with E-state index in [1.54, 1.807) is 12.3 Å². The molecular formula is C21H22FN3O2S. The van der Waals surface area contributed by atoms with Gasteiger partial charge in [0.1, 0.15) is 5.82 Å². The van der Waals surface area contributed by atoms with Crippen LogP contribution in [0.5, 0.6) is 0 Å². The molecule has 1 atom stereocenters. The summed E-state index contributed by atoms with van der Waals surface area (Å²) in [5.74, 6) is -0.481. The van der Waals surface area contributed by atoms with Gasteiger partial charge in [-0.05, 0) is 48.7 Å². The summed E-state index contributed by atoms with van der Waals surface area (Å²) in [6.07, 6.45) is 2.62. The van der Waals surface area contributed by atoms with Gasteiger partial charge in [-0.2, -0.15) is 0 Å². The highest BCUT2D eigenvalue weighted by Gasteiger charge is 2.13. The minimum absolute atomic E-state index is 0.0221. The number of hydrogen-bond donors (Lipinski definition) is 2. The molecule has 2 aromatic carbocycles. The SMILES string of the molecule is Cc1ccc(C)c(-n2ccnc2SCC(=O)NCC(O)c2cccc(F)c2)c1. The zero-order chi connectivity index (χ0) is 20.1. The molecule has 7 heteroatoms. The molecule has 2 N–H and O–H groups in total. The van der Waals surface area contributed by atoms with E-state index in [1.165, 1.54) is 30.0 Å². The first-order valence-electron chi connectivity index (χ1n) is 8.88. The van der Waals surface area contributed by atoms with E-state index in [4.69, 9.17) is 0 Å². The normalized spacial score (nSPS) is 12.0. The lowest BCUT2D eigenvalue weighted by atomic mass is 10.1. The number of hydrogen-bond acceptors (Lipinski definition) is 4. The number of benzene rings is 2. The van der Waals surface area contributed by atoms with Gasteiger partial charge in [0, 0.05) is 18.9 Å². The lowest BCUT2D eigenvalue weighted by Crippen LogP contribution is -2.29. The van der Waals surface area contributed by atoms with Gasteiger partial charge in [0.25, 0.3) is 0 Å². The lowest BCUT2D eigenvalue weighted by molar-refractivity contribution is -0.119. The number of nitrogens with zero attached hydrogens (tertiary/aromatic N) is 2. The second-order valence-electron chi connectivity index (χ2n) is 6.53. The van der Waals surface area contributed by atoms with Crippen molar-refractivity contribution in [1.29, 1.82) is 0 Å². The van der Waals surface area contributed by atoms with Crippen LogP contribution in [0.15, 0.2) is 60.0 Å². The maximum atomic E-state index is 13.2. The first-order chi connectivity index (χ1) is 13.4. The van der Waals surface area contributed by atoms with Crippen molar-refractivity contribution in [3.05, 3.63) is 77.4 Å². The molecule has 1 unspecified atom stereocenters. The number of aryl methyl sites for hydroxylation is 2. The molecule has 0 saturated carbocycles. The lowest BCUT2D eigenvalue weighted by Gasteiger charge is -2.13. The molecule has 146 valence electrons. The van der Waals surface area contributed by atoms with Crippen LogP contribution in [0.4, 0.5) is 4.39 Å². The molecule has 3 rings (SSSR count). The molecule has 0 aliphatic rings. The topological polar surface area (TPSA) is 67.2 Å². The van der Waals surface area contributed by atoms with Crippen LogP contribution in [0.25, 0.3) is 5.69 Å². The molecule has 5 nitrogen and oxygen atoms in total. The van der Waals surface area contributed by atoms with Crippen LogP contribution in [-0.2, 0) is 4.79 Å². The van der Waals surface area contributed by atoms with E-state index in [0.29, 0.717) is 5.56 Å². The van der Waals surface area contributed by atoms with E-state index in [-0.39, 0.29) is 18.2 Å². The van der Waals surface area contributed by atoms with E-state index in [1.807, 2.05) is 24.6 Å². The average molecular weight is 399 g/mol. The van der Waals surface area contributed by atoms with Gasteiger partial charge in [-0.3, -0.25) is 9.36 Å². The van der Waals surface area contributed by atoms with Crippen LogP contribution in [0.1, 0.15) is 22.8 Å². The number of nitrogens with one attached hydrogen (secondary N) is 1. The summed E-state index contributed by atoms with van der Waals surface area (Å²) in [6.45, 7) is 4.09. The van der Waals surface area contributed by atoms with Crippen LogP contribution >= 0.6 is 11.8 Å². The highest BCUT2D eigenvalue weighted by molar-refractivity contribution is 7.99. The molecular weight excluding hydrogens is 377 g/mol. The molecule has 0 fully saturated rings. The molecule has 1 amide bonds. The number of aliphatic hydroxyl groups excluding tert-OH is 1. The molecule has 1 heterocycles. The van der Waals surface area contributed by atoms with Crippen molar-refractivity contribution < 1.29 is 14.3 Å². The van der Waals surface area contributed by atoms with Crippen molar-refractivity contribution in [1.82, 2.24) is 14.9 Å². The number of thioether (sulfide) groups is 1. The van der Waals surface area contributed by atoms with Gasteiger partial charge in [-0.15, -0.1) is 0 Å². The number of amides is 1. The van der Waals surface area contributed by atoms with E-state index in [2.05, 4.69) is 28.5 Å². The van der Waals surface area contributed by atoms with Crippen molar-refractivity contribution in [2.75, 3.05) is 12.3 Å². The third-order valence-electron chi connectivity index (χ3n) is 4.29. The fourth-order valence-corrected chi connectivity index (χ4v) is 3.58. The van der Waals surface area contributed by atoms with E-state index >= 15 is 0 Å². The highest BCUT2D eigenvalue weighted by atomic mass is 32.2. The smallest absolute Gasteiger partial charge is 0.230 e. The van der Waals surface area contributed by atoms with Gasteiger partial charge in [0.05, 0.1) is 17.5 Å². The van der Waals surface area contributed by atoms with Gasteiger partial charge in [-0.25, -0.2) is 9.37 Å². The van der Waals surface area contributed by atoms with Crippen molar-refractivity contribution >= 4 is 17.7 Å². The summed E-state index contributed by atoms with van der Waals surface area (Å²) in [4.78, 5) is 16.5. The largest absolute Gasteiger partial charge is 0.387 e. The number of imidazole rings is 1. The number of halogens is 1. The average Bonchev–Trinajstić information content (AvgIpc) is 3.14. The molecule has 28 heavy (non-hydrogen) atoms. The van der Waals surface area contributed by atoms with Crippen molar-refractivity contribution in [2.45, 2.75) is 25.1 Å². The highest BCUT2D eigenvalue weighted by Crippen LogP contribution is 2.23. The molecule has 0 saturated heterocycles. The predicted octanol–water partition coefficient (Wildman–Crippen LogP) is 3.57. The Bertz CT molecular complexity index is 974. The number of aromatic nitrogens is 2. The fourth-order valence-electron chi connectivity index (χ4n) is 2.78. The number of aliphatic hydroxyl groups is 1. The molecule has 3 aromatic rings. The predicted molar refractivity (Wildman–Crippen MR) is 108 cm³/mol. The first-order valence-corrected chi connectivity index (χ1v) is 9.86. The van der Waals surface area contributed by atoms with Crippen molar-refractivity contribution in [3.63, 3.8) is 0 Å². The monoisotopic (exact) mass is 399 g/mol. The van der Waals surface area contributed by atoms with Gasteiger partial charge in [-0.1, -0.05) is 36.0 Å².